The summed E-state index contributed by atoms with van der Waals surface area (Å²) in [6.07, 6.45) is 1.86. The predicted octanol–water partition coefficient (Wildman–Crippen LogP) is 32.6. The second-order valence-corrected chi connectivity index (χ2v) is 37.4. The molecule has 20 aromatic carbocycles. The molecule has 0 amide bonds. The summed E-state index contributed by atoms with van der Waals surface area (Å²) in [6, 6.07) is 170. The van der Waals surface area contributed by atoms with E-state index in [1.165, 1.54) is 144 Å². The molecular formula is C129H79N5O3S. The minimum Gasteiger partial charge on any atom is -0.457 e. The average molecular weight is 1780 g/mol. The zero-order chi connectivity index (χ0) is 90.7. The number of hydrogen-bond donors (Lipinski definition) is 0. The molecule has 0 saturated carbocycles. The lowest BCUT2D eigenvalue weighted by Gasteiger charge is -2.39. The van der Waals surface area contributed by atoms with Gasteiger partial charge in [0, 0.05) is 72.4 Å². The maximum atomic E-state index is 6.67. The third-order valence-electron chi connectivity index (χ3n) is 29.4. The van der Waals surface area contributed by atoms with E-state index < -0.39 is 16.2 Å². The van der Waals surface area contributed by atoms with E-state index in [-0.39, 0.29) is 0 Å². The van der Waals surface area contributed by atoms with Crippen LogP contribution in [0.2, 0.25) is 0 Å². The van der Waals surface area contributed by atoms with E-state index in [9.17, 15) is 0 Å². The second-order valence-electron chi connectivity index (χ2n) is 36.4. The Morgan fingerprint density at radius 2 is 0.536 bits per heavy atom. The molecule has 24 aromatic rings. The molecule has 0 N–H and O–H groups in total. The molecule has 0 saturated heterocycles. The van der Waals surface area contributed by atoms with Crippen molar-refractivity contribution < 1.29 is 14.2 Å². The van der Waals surface area contributed by atoms with Crippen LogP contribution in [0.5, 0.6) is 34.5 Å². The van der Waals surface area contributed by atoms with Gasteiger partial charge < -0.3 is 14.2 Å². The first-order valence-corrected chi connectivity index (χ1v) is 47.8. The van der Waals surface area contributed by atoms with E-state index in [0.717, 1.165) is 117 Å². The van der Waals surface area contributed by atoms with Crippen LogP contribution in [0.15, 0.2) is 479 Å². The number of rotatable bonds is 7. The van der Waals surface area contributed by atoms with Gasteiger partial charge in [0.05, 0.1) is 38.3 Å². The van der Waals surface area contributed by atoms with Gasteiger partial charge in [-0.1, -0.05) is 406 Å². The fourth-order valence-corrected chi connectivity index (χ4v) is 24.3. The molecule has 9 heteroatoms. The van der Waals surface area contributed by atoms with Crippen LogP contribution in [-0.4, -0.2) is 24.6 Å². The number of aromatic nitrogens is 5. The third-order valence-corrected chi connectivity index (χ3v) is 30.4. The number of imidazole rings is 1. The summed E-state index contributed by atoms with van der Waals surface area (Å²) in [5.74, 6) is 5.43. The van der Waals surface area contributed by atoms with E-state index in [4.69, 9.17) is 19.2 Å². The molecule has 6 aliphatic rings. The molecule has 0 atom stereocenters. The molecule has 0 unspecified atom stereocenters. The Balaban J connectivity index is 0.000000103. The fraction of sp³-hybridized carbons (Fsp3) is 0.0233. The molecule has 7 heterocycles. The van der Waals surface area contributed by atoms with Crippen LogP contribution in [0.3, 0.4) is 0 Å². The van der Waals surface area contributed by atoms with Crippen LogP contribution in [0.1, 0.15) is 66.8 Å². The molecule has 30 rings (SSSR count). The Hall–Kier alpha value is -17.8. The van der Waals surface area contributed by atoms with Gasteiger partial charge in [0.25, 0.3) is 0 Å². The fourth-order valence-electron chi connectivity index (χ4n) is 23.5. The van der Waals surface area contributed by atoms with Gasteiger partial charge in [0.1, 0.15) is 50.2 Å². The molecule has 644 valence electrons. The smallest absolute Gasteiger partial charge is 0.148 e. The highest BCUT2D eigenvalue weighted by molar-refractivity contribution is 7.17. The van der Waals surface area contributed by atoms with E-state index in [1.54, 1.807) is 11.3 Å². The lowest BCUT2D eigenvalue weighted by atomic mass is 9.66. The first-order chi connectivity index (χ1) is 68.4. The summed E-state index contributed by atoms with van der Waals surface area (Å²) < 4.78 is 22.2. The van der Waals surface area contributed by atoms with Gasteiger partial charge in [-0.2, -0.15) is 0 Å². The summed E-state index contributed by atoms with van der Waals surface area (Å²) in [6.45, 7) is 0. The average Bonchev–Trinajstić information content (AvgIpc) is 1.52. The molecular weight excluding hydrogens is 1700 g/mol. The SMILES string of the molecule is c1ccc(-c2nnc(-c3ccc(-c4ccc5c(c4)C4(c6ccccc6O5)c5ccccc5-c5ccccc54)cc3)s2)cc1.c1ccc2c(c1)Oc1ccc(-c3ccc(-c4ccc5c6ccccc6c6nc7ccccc7n6c5c4)cc3)cc1C21c2ccccc2-c2ccccc21.c1ccc2c(c1)Oc1ccc(-c3ccc(-c4cccc5cccnc45)cc3)cc1C21c2ccccc2-c2ccccc21. The van der Waals surface area contributed by atoms with Crippen LogP contribution < -0.4 is 14.2 Å². The van der Waals surface area contributed by atoms with Gasteiger partial charge in [-0.15, -0.1) is 10.2 Å². The van der Waals surface area contributed by atoms with Crippen molar-refractivity contribution in [1.29, 1.82) is 0 Å². The van der Waals surface area contributed by atoms with Crippen LogP contribution in [0, 0.1) is 0 Å². The van der Waals surface area contributed by atoms with Gasteiger partial charge in [-0.05, 0) is 201 Å². The number of pyridine rings is 2. The Morgan fingerprint density at radius 1 is 0.210 bits per heavy atom. The number of fused-ring (bicyclic) bond motifs is 36. The Morgan fingerprint density at radius 3 is 0.986 bits per heavy atom. The Labute approximate surface area is 800 Å². The Kier molecular flexibility index (Phi) is 17.8. The minimum atomic E-state index is -0.481. The van der Waals surface area contributed by atoms with Gasteiger partial charge in [0.15, 0.2) is 0 Å². The zero-order valence-corrected chi connectivity index (χ0v) is 75.3. The number of para-hydroxylation sites is 6. The first-order valence-electron chi connectivity index (χ1n) is 47.0. The largest absolute Gasteiger partial charge is 0.457 e. The van der Waals surface area contributed by atoms with E-state index in [2.05, 4.69) is 468 Å². The van der Waals surface area contributed by atoms with Gasteiger partial charge in [-0.25, -0.2) is 4.98 Å². The Bertz CT molecular complexity index is 9010. The van der Waals surface area contributed by atoms with Crippen LogP contribution >= 0.6 is 11.3 Å². The van der Waals surface area contributed by atoms with Crippen LogP contribution in [0.25, 0.3) is 159 Å². The molecule has 0 bridgehead atoms. The van der Waals surface area contributed by atoms with Crippen molar-refractivity contribution in [3.8, 4) is 145 Å². The number of ether oxygens (including phenoxy) is 3. The van der Waals surface area contributed by atoms with Crippen LogP contribution in [-0.2, 0) is 16.2 Å². The standard InChI is InChI=1S/C50H30N2O.C40H25NO.C39H24N2OS/c1-2-14-39-35(11-1)38-27-25-34(30-46(38)52-45-19-9-8-18-44(45)51-49(39)52)32-23-21-31(22-24-32)33-26-28-48-43(29-33)50(42-17-7-10-20-47(42)53-48)40-15-5-3-12-36(40)37-13-4-6-16-41(37)50;1-3-14-33-31(11-1)32-12-2-4-15-34(32)40(33)35-16-5-6-17-37(35)42-38-23-22-29(25-36(38)40)26-18-20-27(21-19-26)30-13-7-9-28-10-8-24-41-39(28)30;1-2-10-26(11-3-1)37-40-41-38(43-37)27-20-18-25(19-21-27)28-22-23-36-34(24-28)39(33-16-8-9-17-35(33)42-36)31-14-6-4-12-29(31)30-13-5-7-15-32(30)39/h1-30H;1-25H;1-24H. The summed E-state index contributed by atoms with van der Waals surface area (Å²) >= 11 is 1.61. The van der Waals surface area contributed by atoms with Gasteiger partial charge >= 0.3 is 0 Å². The van der Waals surface area contributed by atoms with Crippen LogP contribution in [0.4, 0.5) is 0 Å². The lowest BCUT2D eigenvalue weighted by Crippen LogP contribution is -2.32. The summed E-state index contributed by atoms with van der Waals surface area (Å²) in [5, 5.41) is 15.5. The quantitative estimate of drug-likeness (QED) is 0.147. The molecule has 3 aliphatic heterocycles. The topological polar surface area (TPSA) is 83.7 Å². The van der Waals surface area contributed by atoms with Crippen molar-refractivity contribution in [1.82, 2.24) is 24.6 Å². The molecule has 3 spiro atoms. The molecule has 4 aromatic heterocycles. The van der Waals surface area contributed by atoms with Gasteiger partial charge in [-0.3, -0.25) is 9.38 Å². The lowest BCUT2D eigenvalue weighted by molar-refractivity contribution is 0.436. The van der Waals surface area contributed by atoms with E-state index >= 15 is 0 Å². The summed E-state index contributed by atoms with van der Waals surface area (Å²) in [5.41, 5.74) is 40.2. The highest BCUT2D eigenvalue weighted by atomic mass is 32.1. The monoisotopic (exact) mass is 1780 g/mol. The highest BCUT2D eigenvalue weighted by Gasteiger charge is 2.55. The van der Waals surface area contributed by atoms with Gasteiger partial charge in [0.2, 0.25) is 0 Å². The van der Waals surface area contributed by atoms with Crippen molar-refractivity contribution >= 4 is 60.6 Å². The molecule has 138 heavy (non-hydrogen) atoms. The number of nitrogens with zero attached hydrogens (tertiary/aromatic N) is 5. The second kappa shape index (κ2) is 31.2. The third kappa shape index (κ3) is 11.8. The molecule has 8 nitrogen and oxygen atoms in total. The normalized spacial score (nSPS) is 13.6. The molecule has 0 fully saturated rings. The maximum absolute atomic E-state index is 6.67. The van der Waals surface area contributed by atoms with Crippen molar-refractivity contribution in [3.63, 3.8) is 0 Å². The van der Waals surface area contributed by atoms with Crippen molar-refractivity contribution in [3.05, 3.63) is 546 Å². The zero-order valence-electron chi connectivity index (χ0n) is 74.5. The molecule has 3 aliphatic carbocycles. The summed E-state index contributed by atoms with van der Waals surface area (Å²) in [4.78, 5) is 9.76. The van der Waals surface area contributed by atoms with Crippen molar-refractivity contribution in [2.24, 2.45) is 0 Å². The highest BCUT2D eigenvalue weighted by Crippen LogP contribution is 2.67. The maximum Gasteiger partial charge on any atom is 0.148 e. The van der Waals surface area contributed by atoms with Crippen molar-refractivity contribution in [2.45, 2.75) is 16.2 Å². The minimum absolute atomic E-state index is 0.456. The first kappa shape index (κ1) is 78.9. The van der Waals surface area contributed by atoms with Crippen molar-refractivity contribution in [2.75, 3.05) is 0 Å². The summed E-state index contributed by atoms with van der Waals surface area (Å²) in [7, 11) is 0. The number of hydrogen-bond acceptors (Lipinski definition) is 8. The predicted molar refractivity (Wildman–Crippen MR) is 560 cm³/mol. The van der Waals surface area contributed by atoms with E-state index in [0.29, 0.717) is 0 Å². The number of benzene rings is 20. The van der Waals surface area contributed by atoms with E-state index in [1.807, 2.05) is 30.5 Å². The molecule has 0 radical (unpaired) electrons.